The highest BCUT2D eigenvalue weighted by atomic mass is 17.3. The molecule has 4 aliphatic heterocycles. The maximum atomic E-state index is 6.45. The number of methoxy groups -OCH3 is 1. The van der Waals surface area contributed by atoms with Gasteiger partial charge in [0.2, 0.25) is 5.79 Å². The minimum absolute atomic E-state index is 0.189. The normalized spacial score (nSPS) is 46.1. The van der Waals surface area contributed by atoms with Crippen LogP contribution in [0.1, 0.15) is 52.0 Å². The fourth-order valence-electron chi connectivity index (χ4n) is 5.96. The Morgan fingerprint density at radius 2 is 1.83 bits per heavy atom. The molecule has 1 aliphatic carbocycles. The summed E-state index contributed by atoms with van der Waals surface area (Å²) in [5.41, 5.74) is 0.555. The fraction of sp³-hybridized carbons (Fsp3) is 0.739. The molecule has 6 rings (SSSR count). The van der Waals surface area contributed by atoms with Gasteiger partial charge in [-0.25, -0.2) is 9.78 Å². The van der Waals surface area contributed by atoms with Gasteiger partial charge in [-0.1, -0.05) is 26.0 Å². The maximum Gasteiger partial charge on any atom is 0.201 e. The summed E-state index contributed by atoms with van der Waals surface area (Å²) in [5, 5.41) is 0. The van der Waals surface area contributed by atoms with Crippen molar-refractivity contribution in [1.82, 2.24) is 0 Å². The van der Waals surface area contributed by atoms with Gasteiger partial charge in [0.1, 0.15) is 5.75 Å². The molecule has 0 radical (unpaired) electrons. The largest absolute Gasteiger partial charge is 0.497 e. The van der Waals surface area contributed by atoms with Gasteiger partial charge >= 0.3 is 0 Å². The third kappa shape index (κ3) is 3.12. The highest BCUT2D eigenvalue weighted by Gasteiger charge is 2.69. The van der Waals surface area contributed by atoms with Crippen molar-refractivity contribution in [2.75, 3.05) is 7.11 Å². The second-order valence-corrected chi connectivity index (χ2v) is 9.43. The first-order valence-corrected chi connectivity index (χ1v) is 10.9. The second-order valence-electron chi connectivity index (χ2n) is 9.43. The van der Waals surface area contributed by atoms with Gasteiger partial charge in [-0.15, -0.1) is 0 Å². The Hall–Kier alpha value is -1.18. The zero-order valence-corrected chi connectivity index (χ0v) is 17.8. The lowest BCUT2D eigenvalue weighted by Gasteiger charge is -2.60. The Labute approximate surface area is 172 Å². The maximum absolute atomic E-state index is 6.45. The van der Waals surface area contributed by atoms with Crippen molar-refractivity contribution >= 4 is 0 Å². The van der Waals surface area contributed by atoms with Crippen molar-refractivity contribution in [1.29, 1.82) is 0 Å². The topological polar surface area (TPSA) is 55.4 Å². The molecule has 1 aromatic rings. The van der Waals surface area contributed by atoms with Crippen LogP contribution in [0.15, 0.2) is 24.3 Å². The van der Waals surface area contributed by atoms with E-state index in [4.69, 9.17) is 28.7 Å². The van der Waals surface area contributed by atoms with Gasteiger partial charge < -0.3 is 18.9 Å². The molecule has 0 N–H and O–H groups in total. The zero-order chi connectivity index (χ0) is 20.2. The molecule has 0 aromatic heterocycles. The summed E-state index contributed by atoms with van der Waals surface area (Å²) in [7, 11) is 1.67. The molecule has 4 heterocycles. The van der Waals surface area contributed by atoms with Crippen molar-refractivity contribution in [2.24, 2.45) is 23.7 Å². The van der Waals surface area contributed by atoms with Crippen molar-refractivity contribution in [2.45, 2.75) is 77.0 Å². The van der Waals surface area contributed by atoms with Crippen LogP contribution in [0.3, 0.4) is 0 Å². The lowest BCUT2D eigenvalue weighted by atomic mass is 9.58. The second kappa shape index (κ2) is 7.20. The van der Waals surface area contributed by atoms with E-state index in [9.17, 15) is 0 Å². The summed E-state index contributed by atoms with van der Waals surface area (Å²) < 4.78 is 24.3. The number of hydrogen-bond acceptors (Lipinski definition) is 6. The Kier molecular flexibility index (Phi) is 4.91. The molecule has 160 valence electrons. The molecule has 29 heavy (non-hydrogen) atoms. The van der Waals surface area contributed by atoms with Crippen molar-refractivity contribution < 1.29 is 28.7 Å². The molecular weight excluding hydrogens is 372 g/mol. The Balaban J connectivity index is 1.38. The predicted octanol–water partition coefficient (Wildman–Crippen LogP) is 4.42. The van der Waals surface area contributed by atoms with E-state index in [2.05, 4.69) is 13.8 Å². The van der Waals surface area contributed by atoms with E-state index in [1.807, 2.05) is 31.2 Å². The van der Waals surface area contributed by atoms with E-state index in [-0.39, 0.29) is 18.1 Å². The van der Waals surface area contributed by atoms with Gasteiger partial charge in [0.15, 0.2) is 18.2 Å². The summed E-state index contributed by atoms with van der Waals surface area (Å²) in [4.78, 5) is 12.0. The molecule has 8 atom stereocenters. The number of ether oxygens (including phenoxy) is 4. The predicted molar refractivity (Wildman–Crippen MR) is 105 cm³/mol. The van der Waals surface area contributed by atoms with E-state index in [0.717, 1.165) is 30.6 Å². The lowest BCUT2D eigenvalue weighted by molar-refractivity contribution is -0.577. The van der Waals surface area contributed by atoms with Crippen LogP contribution in [0.5, 0.6) is 5.75 Å². The van der Waals surface area contributed by atoms with Gasteiger partial charge in [-0.05, 0) is 55.7 Å². The average Bonchev–Trinajstić information content (AvgIpc) is 2.96. The van der Waals surface area contributed by atoms with Crippen LogP contribution >= 0.6 is 0 Å². The molecule has 5 fully saturated rings. The smallest absolute Gasteiger partial charge is 0.201 e. The summed E-state index contributed by atoms with van der Waals surface area (Å²) >= 11 is 0. The third-order valence-electron chi connectivity index (χ3n) is 7.67. The quantitative estimate of drug-likeness (QED) is 0.693. The number of rotatable bonds is 4. The Morgan fingerprint density at radius 1 is 1.03 bits per heavy atom. The zero-order valence-electron chi connectivity index (χ0n) is 17.8. The molecule has 2 bridgehead atoms. The molecular formula is C23H32O6. The number of hydrogen-bond donors (Lipinski definition) is 0. The highest BCUT2D eigenvalue weighted by Crippen LogP contribution is 2.60. The Bertz CT molecular complexity index is 737. The van der Waals surface area contributed by atoms with Crippen molar-refractivity contribution in [3.8, 4) is 5.75 Å². The van der Waals surface area contributed by atoms with Crippen LogP contribution in [0.4, 0.5) is 0 Å². The minimum Gasteiger partial charge on any atom is -0.497 e. The van der Waals surface area contributed by atoms with E-state index in [1.54, 1.807) is 7.11 Å². The summed E-state index contributed by atoms with van der Waals surface area (Å²) in [6.07, 6.45) is 3.33. The van der Waals surface area contributed by atoms with Gasteiger partial charge in [-0.2, -0.15) is 0 Å². The molecule has 5 aliphatic rings. The molecule has 4 saturated heterocycles. The standard InChI is InChI=1S/C23H32O6/c1-14-5-10-19-15(2)20(25-13-16-6-8-17(24-4)9-7-16)26-21-23(19)18(14)11-12-22(3,27-21)28-29-23/h6-9,14-15,18-21H,5,10-13H2,1-4H3/t14-,15-,18+,19+,20+,21-,22-,23-/m1/s1. The minimum atomic E-state index is -0.751. The van der Waals surface area contributed by atoms with Crippen LogP contribution in [-0.4, -0.2) is 31.1 Å². The lowest BCUT2D eigenvalue weighted by Crippen LogP contribution is -2.70. The fourth-order valence-corrected chi connectivity index (χ4v) is 5.96. The monoisotopic (exact) mass is 404 g/mol. The molecule has 6 nitrogen and oxygen atoms in total. The van der Waals surface area contributed by atoms with E-state index < -0.39 is 17.7 Å². The van der Waals surface area contributed by atoms with E-state index in [0.29, 0.717) is 18.4 Å². The first kappa shape index (κ1) is 19.8. The van der Waals surface area contributed by atoms with Crippen LogP contribution in [-0.2, 0) is 30.6 Å². The van der Waals surface area contributed by atoms with Crippen LogP contribution in [0, 0.1) is 23.7 Å². The molecule has 1 aromatic carbocycles. The first-order chi connectivity index (χ1) is 13.9. The summed E-state index contributed by atoms with van der Waals surface area (Å²) in [6.45, 7) is 6.97. The third-order valence-corrected chi connectivity index (χ3v) is 7.67. The number of fused-ring (bicyclic) bond motifs is 2. The van der Waals surface area contributed by atoms with Crippen LogP contribution in [0.2, 0.25) is 0 Å². The van der Waals surface area contributed by atoms with Gasteiger partial charge in [0, 0.05) is 18.3 Å². The van der Waals surface area contributed by atoms with E-state index in [1.165, 1.54) is 6.42 Å². The Morgan fingerprint density at radius 3 is 2.59 bits per heavy atom. The highest BCUT2D eigenvalue weighted by molar-refractivity contribution is 5.26. The SMILES string of the molecule is COc1ccc(CO[C@H]2O[C@@H]3O[C@@]4(C)CC[C@H]5[C@H](C)CC[C@@H]([C@H]2C)[C@@]35OO4)cc1. The van der Waals surface area contributed by atoms with Crippen molar-refractivity contribution in [3.05, 3.63) is 29.8 Å². The summed E-state index contributed by atoms with van der Waals surface area (Å²) in [5.74, 6) is 1.50. The van der Waals surface area contributed by atoms with Crippen molar-refractivity contribution in [3.63, 3.8) is 0 Å². The van der Waals surface area contributed by atoms with Gasteiger partial charge in [-0.3, -0.25) is 0 Å². The van der Waals surface area contributed by atoms with Crippen LogP contribution < -0.4 is 4.74 Å². The van der Waals surface area contributed by atoms with Gasteiger partial charge in [0.05, 0.1) is 13.7 Å². The molecule has 0 amide bonds. The van der Waals surface area contributed by atoms with Crippen LogP contribution in [0.25, 0.3) is 0 Å². The molecule has 1 spiro atoms. The first-order valence-electron chi connectivity index (χ1n) is 10.9. The van der Waals surface area contributed by atoms with Gasteiger partial charge in [0.25, 0.3) is 0 Å². The summed E-state index contributed by atoms with van der Waals surface area (Å²) in [6, 6.07) is 7.94. The van der Waals surface area contributed by atoms with E-state index >= 15 is 0 Å². The molecule has 6 heteroatoms. The molecule has 1 saturated carbocycles. The number of benzene rings is 1. The average molecular weight is 405 g/mol. The molecule has 0 unspecified atom stereocenters.